The highest BCUT2D eigenvalue weighted by Gasteiger charge is 2.32. The molecule has 0 bridgehead atoms. The fourth-order valence-corrected chi connectivity index (χ4v) is 2.76. The highest BCUT2D eigenvalue weighted by atomic mass is 16.5. The van der Waals surface area contributed by atoms with Crippen molar-refractivity contribution in [2.45, 2.75) is 32.4 Å². The molecule has 8 heteroatoms. The SMILES string of the molecule is COc1ccc(NC(=O)C2CCc3nnc(CNC(C)=O)n32)cc1. The molecule has 2 amide bonds. The molecule has 0 saturated carbocycles. The number of nitrogens with zero attached hydrogens (tertiary/aromatic N) is 3. The number of hydrogen-bond acceptors (Lipinski definition) is 5. The maximum atomic E-state index is 12.6. The molecule has 1 atom stereocenters. The topological polar surface area (TPSA) is 98.1 Å². The minimum absolute atomic E-state index is 0.122. The summed E-state index contributed by atoms with van der Waals surface area (Å²) >= 11 is 0. The first kappa shape index (κ1) is 16.0. The number of benzene rings is 1. The van der Waals surface area contributed by atoms with Crippen molar-refractivity contribution in [3.05, 3.63) is 35.9 Å². The Morgan fingerprint density at radius 3 is 2.71 bits per heavy atom. The molecule has 126 valence electrons. The van der Waals surface area contributed by atoms with Gasteiger partial charge < -0.3 is 19.9 Å². The summed E-state index contributed by atoms with van der Waals surface area (Å²) in [5.41, 5.74) is 0.700. The number of aromatic nitrogens is 3. The third-order valence-corrected chi connectivity index (χ3v) is 3.95. The number of carbonyl (C=O) groups excluding carboxylic acids is 2. The molecule has 3 rings (SSSR count). The van der Waals surface area contributed by atoms with Crippen LogP contribution in [0.15, 0.2) is 24.3 Å². The molecule has 8 nitrogen and oxygen atoms in total. The van der Waals surface area contributed by atoms with Gasteiger partial charge in [-0.1, -0.05) is 0 Å². The molecule has 0 spiro atoms. The number of carbonyl (C=O) groups is 2. The zero-order chi connectivity index (χ0) is 17.1. The van der Waals surface area contributed by atoms with Gasteiger partial charge in [-0.2, -0.15) is 0 Å². The van der Waals surface area contributed by atoms with Gasteiger partial charge in [0.2, 0.25) is 11.8 Å². The van der Waals surface area contributed by atoms with Gasteiger partial charge in [-0.15, -0.1) is 10.2 Å². The lowest BCUT2D eigenvalue weighted by molar-refractivity contribution is -0.119. The molecule has 24 heavy (non-hydrogen) atoms. The van der Waals surface area contributed by atoms with Crippen molar-refractivity contribution in [2.75, 3.05) is 12.4 Å². The highest BCUT2D eigenvalue weighted by Crippen LogP contribution is 2.27. The van der Waals surface area contributed by atoms with E-state index >= 15 is 0 Å². The van der Waals surface area contributed by atoms with E-state index in [0.29, 0.717) is 24.4 Å². The average Bonchev–Trinajstić information content (AvgIpc) is 3.15. The number of fused-ring (bicyclic) bond motifs is 1. The molecule has 0 radical (unpaired) electrons. The molecule has 1 unspecified atom stereocenters. The highest BCUT2D eigenvalue weighted by molar-refractivity contribution is 5.94. The van der Waals surface area contributed by atoms with E-state index in [-0.39, 0.29) is 24.4 Å². The van der Waals surface area contributed by atoms with Crippen molar-refractivity contribution in [1.29, 1.82) is 0 Å². The largest absolute Gasteiger partial charge is 0.497 e. The number of rotatable bonds is 5. The number of amides is 2. The average molecular weight is 329 g/mol. The second-order valence-corrected chi connectivity index (χ2v) is 5.58. The second-order valence-electron chi connectivity index (χ2n) is 5.58. The van der Waals surface area contributed by atoms with E-state index in [9.17, 15) is 9.59 Å². The normalized spacial score (nSPS) is 15.7. The van der Waals surface area contributed by atoms with Crippen LogP contribution in [0.5, 0.6) is 5.75 Å². The Kier molecular flexibility index (Phi) is 4.45. The first-order valence-corrected chi connectivity index (χ1v) is 7.70. The first-order valence-electron chi connectivity index (χ1n) is 7.70. The third kappa shape index (κ3) is 3.22. The van der Waals surface area contributed by atoms with Crippen LogP contribution in [0, 0.1) is 0 Å². The van der Waals surface area contributed by atoms with Gasteiger partial charge in [-0.3, -0.25) is 9.59 Å². The second kappa shape index (κ2) is 6.69. The Labute approximate surface area is 139 Å². The number of ether oxygens (including phenoxy) is 1. The van der Waals surface area contributed by atoms with Crippen LogP contribution in [0.3, 0.4) is 0 Å². The number of hydrogen-bond donors (Lipinski definition) is 2. The predicted octanol–water partition coefficient (Wildman–Crippen LogP) is 1.05. The predicted molar refractivity (Wildman–Crippen MR) is 86.5 cm³/mol. The van der Waals surface area contributed by atoms with Gasteiger partial charge in [0.25, 0.3) is 0 Å². The molecule has 1 aliphatic rings. The molecule has 1 aliphatic heterocycles. The smallest absolute Gasteiger partial charge is 0.247 e. The van der Waals surface area contributed by atoms with Crippen LogP contribution >= 0.6 is 0 Å². The molecule has 2 aromatic rings. The van der Waals surface area contributed by atoms with E-state index in [1.54, 1.807) is 31.4 Å². The lowest BCUT2D eigenvalue weighted by atomic mass is 10.2. The van der Waals surface area contributed by atoms with Crippen molar-refractivity contribution in [3.63, 3.8) is 0 Å². The van der Waals surface area contributed by atoms with Gasteiger partial charge in [0.1, 0.15) is 17.6 Å². The third-order valence-electron chi connectivity index (χ3n) is 3.95. The van der Waals surface area contributed by atoms with Gasteiger partial charge in [0, 0.05) is 19.0 Å². The summed E-state index contributed by atoms with van der Waals surface area (Å²) in [4.78, 5) is 23.7. The van der Waals surface area contributed by atoms with E-state index in [0.717, 1.165) is 11.6 Å². The summed E-state index contributed by atoms with van der Waals surface area (Å²) in [6.07, 6.45) is 1.35. The zero-order valence-electron chi connectivity index (χ0n) is 13.6. The minimum atomic E-state index is -0.374. The van der Waals surface area contributed by atoms with Crippen molar-refractivity contribution in [3.8, 4) is 5.75 Å². The summed E-state index contributed by atoms with van der Waals surface area (Å²) in [6.45, 7) is 1.70. The van der Waals surface area contributed by atoms with Crippen LogP contribution in [0.2, 0.25) is 0 Å². The van der Waals surface area contributed by atoms with Gasteiger partial charge in [0.05, 0.1) is 13.7 Å². The monoisotopic (exact) mass is 329 g/mol. The molecule has 2 N–H and O–H groups in total. The molecule has 1 aromatic heterocycles. The van der Waals surface area contributed by atoms with E-state index in [1.165, 1.54) is 6.92 Å². The Morgan fingerprint density at radius 1 is 1.29 bits per heavy atom. The molecule has 1 aromatic carbocycles. The molecular formula is C16H19N5O3. The lowest BCUT2D eigenvalue weighted by Crippen LogP contribution is -2.27. The van der Waals surface area contributed by atoms with Gasteiger partial charge in [-0.25, -0.2) is 0 Å². The van der Waals surface area contributed by atoms with E-state index < -0.39 is 0 Å². The maximum Gasteiger partial charge on any atom is 0.247 e. The van der Waals surface area contributed by atoms with Gasteiger partial charge >= 0.3 is 0 Å². The van der Waals surface area contributed by atoms with E-state index in [1.807, 2.05) is 4.57 Å². The Balaban J connectivity index is 1.73. The van der Waals surface area contributed by atoms with Crippen LogP contribution < -0.4 is 15.4 Å². The molecule has 2 heterocycles. The summed E-state index contributed by atoms with van der Waals surface area (Å²) in [5.74, 6) is 1.82. The van der Waals surface area contributed by atoms with Crippen molar-refractivity contribution < 1.29 is 14.3 Å². The van der Waals surface area contributed by atoms with Crippen LogP contribution in [0.1, 0.15) is 31.0 Å². The van der Waals surface area contributed by atoms with E-state index in [4.69, 9.17) is 4.74 Å². The summed E-state index contributed by atoms with van der Waals surface area (Å²) in [5, 5.41) is 13.8. The fraction of sp³-hybridized carbons (Fsp3) is 0.375. The maximum absolute atomic E-state index is 12.6. The number of anilines is 1. The quantitative estimate of drug-likeness (QED) is 0.854. The fourth-order valence-electron chi connectivity index (χ4n) is 2.76. The van der Waals surface area contributed by atoms with Crippen LogP contribution in [-0.2, 0) is 22.6 Å². The Morgan fingerprint density at radius 2 is 2.04 bits per heavy atom. The molecule has 0 fully saturated rings. The van der Waals surface area contributed by atoms with Crippen molar-refractivity contribution >= 4 is 17.5 Å². The standard InChI is InChI=1S/C16H19N5O3/c1-10(22)17-9-15-20-19-14-8-7-13(21(14)15)16(23)18-11-3-5-12(24-2)6-4-11/h3-6,13H,7-9H2,1-2H3,(H,17,22)(H,18,23). The van der Waals surface area contributed by atoms with Crippen LogP contribution in [0.25, 0.3) is 0 Å². The van der Waals surface area contributed by atoms with Crippen LogP contribution in [-0.4, -0.2) is 33.7 Å². The van der Waals surface area contributed by atoms with Crippen LogP contribution in [0.4, 0.5) is 5.69 Å². The number of aryl methyl sites for hydroxylation is 1. The Bertz CT molecular complexity index is 754. The Hall–Kier alpha value is -2.90. The summed E-state index contributed by atoms with van der Waals surface area (Å²) in [7, 11) is 1.59. The number of methoxy groups -OCH3 is 1. The van der Waals surface area contributed by atoms with Gasteiger partial charge in [-0.05, 0) is 30.7 Å². The van der Waals surface area contributed by atoms with E-state index in [2.05, 4.69) is 20.8 Å². The minimum Gasteiger partial charge on any atom is -0.497 e. The molecule has 0 aliphatic carbocycles. The van der Waals surface area contributed by atoms with Gasteiger partial charge in [0.15, 0.2) is 5.82 Å². The number of nitrogens with one attached hydrogen (secondary N) is 2. The summed E-state index contributed by atoms with van der Waals surface area (Å²) < 4.78 is 6.92. The first-order chi connectivity index (χ1) is 11.6. The lowest BCUT2D eigenvalue weighted by Gasteiger charge is -2.15. The molecule has 0 saturated heterocycles. The summed E-state index contributed by atoms with van der Waals surface area (Å²) in [6, 6.07) is 6.78. The zero-order valence-corrected chi connectivity index (χ0v) is 13.6. The molecular weight excluding hydrogens is 310 g/mol. The van der Waals surface area contributed by atoms with Crippen molar-refractivity contribution in [1.82, 2.24) is 20.1 Å². The van der Waals surface area contributed by atoms with Crippen molar-refractivity contribution in [2.24, 2.45) is 0 Å².